The molecule has 40 heavy (non-hydrogen) atoms. The lowest BCUT2D eigenvalue weighted by Crippen LogP contribution is -2.51. The number of hydrogen-bond acceptors (Lipinski definition) is 6. The fourth-order valence-corrected chi connectivity index (χ4v) is 6.11. The Kier molecular flexibility index (Phi) is 8.66. The van der Waals surface area contributed by atoms with E-state index in [4.69, 9.17) is 17.3 Å². The van der Waals surface area contributed by atoms with Gasteiger partial charge in [0, 0.05) is 57.4 Å². The number of nitrogens with two attached hydrogens (primary N) is 1. The van der Waals surface area contributed by atoms with Crippen LogP contribution in [0.15, 0.2) is 42.7 Å². The summed E-state index contributed by atoms with van der Waals surface area (Å²) in [6, 6.07) is 8.18. The normalized spacial score (nSPS) is 19.8. The second-order valence-electron chi connectivity index (χ2n) is 10.9. The molecule has 4 heterocycles. The molecule has 212 valence electrons. The highest BCUT2D eigenvalue weighted by Crippen LogP contribution is 2.28. The molecule has 3 unspecified atom stereocenters. The Morgan fingerprint density at radius 3 is 2.73 bits per heavy atom. The van der Waals surface area contributed by atoms with Crippen molar-refractivity contribution in [3.05, 3.63) is 59.0 Å². The Bertz CT molecular complexity index is 1370. The van der Waals surface area contributed by atoms with E-state index < -0.39 is 12.1 Å². The Morgan fingerprint density at radius 2 is 1.98 bits per heavy atom. The first-order valence-electron chi connectivity index (χ1n) is 13.9. The molecule has 0 radical (unpaired) electrons. The molecule has 5 rings (SSSR count). The third kappa shape index (κ3) is 6.28. The predicted molar refractivity (Wildman–Crippen MR) is 152 cm³/mol. The van der Waals surface area contributed by atoms with E-state index in [1.807, 2.05) is 48.5 Å². The SMILES string of the molecule is Cn1nc(Cl)c2cc(CNC(=O)C3CC(Cc4cccnc4)CN3C(=O)C(N)CCC(=O)N3CCCC3)ccc21. The smallest absolute Gasteiger partial charge is 0.243 e. The molecule has 2 aliphatic rings. The number of rotatable bonds is 9. The van der Waals surface area contributed by atoms with E-state index >= 15 is 0 Å². The second-order valence-corrected chi connectivity index (χ2v) is 11.2. The van der Waals surface area contributed by atoms with Crippen molar-refractivity contribution in [3.63, 3.8) is 0 Å². The lowest BCUT2D eigenvalue weighted by Gasteiger charge is -2.27. The molecule has 3 aromatic rings. The molecule has 0 spiro atoms. The van der Waals surface area contributed by atoms with Crippen LogP contribution in [0.2, 0.25) is 5.15 Å². The van der Waals surface area contributed by atoms with E-state index in [1.54, 1.807) is 15.8 Å². The lowest BCUT2D eigenvalue weighted by atomic mass is 9.97. The molecule has 11 heteroatoms. The minimum atomic E-state index is -0.839. The van der Waals surface area contributed by atoms with Crippen molar-refractivity contribution in [3.8, 4) is 0 Å². The number of likely N-dealkylation sites (tertiary alicyclic amines) is 2. The molecule has 2 fully saturated rings. The van der Waals surface area contributed by atoms with Crippen LogP contribution in [0.5, 0.6) is 0 Å². The summed E-state index contributed by atoms with van der Waals surface area (Å²) >= 11 is 6.26. The molecule has 0 saturated carbocycles. The average Bonchev–Trinajstić information content (AvgIpc) is 3.70. The van der Waals surface area contributed by atoms with Crippen molar-refractivity contribution < 1.29 is 14.4 Å². The van der Waals surface area contributed by atoms with Crippen molar-refractivity contribution in [1.29, 1.82) is 0 Å². The van der Waals surface area contributed by atoms with Gasteiger partial charge < -0.3 is 20.9 Å². The largest absolute Gasteiger partial charge is 0.350 e. The minimum absolute atomic E-state index is 0.0385. The topological polar surface area (TPSA) is 126 Å². The highest BCUT2D eigenvalue weighted by atomic mass is 35.5. The van der Waals surface area contributed by atoms with Crippen LogP contribution in [0.4, 0.5) is 0 Å². The number of fused-ring (bicyclic) bond motifs is 1. The van der Waals surface area contributed by atoms with Crippen molar-refractivity contribution in [1.82, 2.24) is 29.9 Å². The van der Waals surface area contributed by atoms with E-state index in [2.05, 4.69) is 15.4 Å². The Hall–Kier alpha value is -3.50. The van der Waals surface area contributed by atoms with Crippen molar-refractivity contribution in [2.75, 3.05) is 19.6 Å². The average molecular weight is 566 g/mol. The van der Waals surface area contributed by atoms with Gasteiger partial charge in [-0.25, -0.2) is 0 Å². The number of nitrogens with one attached hydrogen (secondary N) is 1. The summed E-state index contributed by atoms with van der Waals surface area (Å²) < 4.78 is 1.71. The summed E-state index contributed by atoms with van der Waals surface area (Å²) in [5, 5.41) is 8.48. The van der Waals surface area contributed by atoms with Gasteiger partial charge in [0.25, 0.3) is 0 Å². The van der Waals surface area contributed by atoms with Crippen LogP contribution in [-0.2, 0) is 34.4 Å². The van der Waals surface area contributed by atoms with Crippen LogP contribution in [0.3, 0.4) is 0 Å². The fourth-order valence-electron chi connectivity index (χ4n) is 5.84. The molecule has 2 aliphatic heterocycles. The van der Waals surface area contributed by atoms with Crippen LogP contribution < -0.4 is 11.1 Å². The van der Waals surface area contributed by atoms with Crippen molar-refractivity contribution in [2.24, 2.45) is 18.7 Å². The zero-order valence-corrected chi connectivity index (χ0v) is 23.5. The van der Waals surface area contributed by atoms with Gasteiger partial charge in [-0.05, 0) is 67.3 Å². The maximum Gasteiger partial charge on any atom is 0.243 e. The zero-order valence-electron chi connectivity index (χ0n) is 22.8. The van der Waals surface area contributed by atoms with Gasteiger partial charge in [-0.2, -0.15) is 5.10 Å². The quantitative estimate of drug-likeness (QED) is 0.410. The van der Waals surface area contributed by atoms with Gasteiger partial charge in [-0.15, -0.1) is 0 Å². The Balaban J connectivity index is 1.25. The van der Waals surface area contributed by atoms with Crippen LogP contribution in [0, 0.1) is 5.92 Å². The molecule has 2 aromatic heterocycles. The summed E-state index contributed by atoms with van der Waals surface area (Å²) in [7, 11) is 1.83. The number of aromatic nitrogens is 3. The number of benzene rings is 1. The summed E-state index contributed by atoms with van der Waals surface area (Å²) in [6.07, 6.45) is 7.30. The van der Waals surface area contributed by atoms with Crippen LogP contribution >= 0.6 is 11.6 Å². The number of nitrogens with zero attached hydrogens (tertiary/aromatic N) is 5. The first-order chi connectivity index (χ1) is 19.3. The summed E-state index contributed by atoms with van der Waals surface area (Å²) in [6.45, 7) is 2.26. The maximum absolute atomic E-state index is 13.5. The lowest BCUT2D eigenvalue weighted by molar-refractivity contribution is -0.140. The highest BCUT2D eigenvalue weighted by molar-refractivity contribution is 6.34. The summed E-state index contributed by atoms with van der Waals surface area (Å²) in [4.78, 5) is 47.1. The van der Waals surface area contributed by atoms with Gasteiger partial charge in [-0.3, -0.25) is 24.0 Å². The standard InChI is InChI=1S/C29H36ClN7O3/c1-35-24-8-6-20(14-22(24)27(30)34-35)17-33-28(39)25-15-21(13-19-5-4-10-32-16-19)18-37(25)29(40)23(31)7-9-26(38)36-11-2-3-12-36/h4-6,8,10,14,16,21,23,25H,2-3,7,9,11-13,15,17-18,31H2,1H3,(H,33,39). The number of amides is 3. The van der Waals surface area contributed by atoms with E-state index in [1.165, 1.54) is 0 Å². The molecule has 3 N–H and O–H groups in total. The van der Waals surface area contributed by atoms with Crippen molar-refractivity contribution >= 4 is 40.2 Å². The fraction of sp³-hybridized carbons (Fsp3) is 0.483. The van der Waals surface area contributed by atoms with Gasteiger partial charge in [0.15, 0.2) is 5.15 Å². The van der Waals surface area contributed by atoms with Crippen molar-refractivity contribution in [2.45, 2.75) is 57.2 Å². The molecular formula is C29H36ClN7O3. The number of carbonyl (C=O) groups excluding carboxylic acids is 3. The second kappa shape index (κ2) is 12.3. The monoisotopic (exact) mass is 565 g/mol. The number of carbonyl (C=O) groups is 3. The van der Waals surface area contributed by atoms with E-state index in [-0.39, 0.29) is 36.5 Å². The highest BCUT2D eigenvalue weighted by Gasteiger charge is 2.41. The number of aryl methyl sites for hydroxylation is 1. The van der Waals surface area contributed by atoms with E-state index in [0.29, 0.717) is 31.1 Å². The first-order valence-corrected chi connectivity index (χ1v) is 14.3. The number of hydrogen-bond donors (Lipinski definition) is 2. The minimum Gasteiger partial charge on any atom is -0.350 e. The van der Waals surface area contributed by atoms with Crippen LogP contribution in [0.1, 0.15) is 43.2 Å². The number of halogens is 1. The first kappa shape index (κ1) is 28.0. The predicted octanol–water partition coefficient (Wildman–Crippen LogP) is 2.43. The Morgan fingerprint density at radius 1 is 1.18 bits per heavy atom. The molecule has 10 nitrogen and oxygen atoms in total. The molecule has 3 atom stereocenters. The molecule has 3 amide bonds. The van der Waals surface area contributed by atoms with E-state index in [9.17, 15) is 14.4 Å². The van der Waals surface area contributed by atoms with E-state index in [0.717, 1.165) is 48.0 Å². The maximum atomic E-state index is 13.5. The summed E-state index contributed by atoms with van der Waals surface area (Å²) in [5.41, 5.74) is 9.16. The zero-order chi connectivity index (χ0) is 28.2. The number of pyridine rings is 1. The van der Waals surface area contributed by atoms with Gasteiger partial charge in [0.1, 0.15) is 6.04 Å². The van der Waals surface area contributed by atoms with Gasteiger partial charge in [0.05, 0.1) is 11.6 Å². The van der Waals surface area contributed by atoms with Crippen LogP contribution in [-0.4, -0.2) is 74.0 Å². The molecular weight excluding hydrogens is 530 g/mol. The molecule has 0 bridgehead atoms. The third-order valence-electron chi connectivity index (χ3n) is 8.00. The van der Waals surface area contributed by atoms with Gasteiger partial charge in [0.2, 0.25) is 17.7 Å². The Labute approximate surface area is 238 Å². The summed E-state index contributed by atoms with van der Waals surface area (Å²) in [5.74, 6) is -0.379. The van der Waals surface area contributed by atoms with Crippen LogP contribution in [0.25, 0.3) is 10.9 Å². The van der Waals surface area contributed by atoms with Gasteiger partial charge >= 0.3 is 0 Å². The molecule has 0 aliphatic carbocycles. The third-order valence-corrected chi connectivity index (χ3v) is 8.28. The van der Waals surface area contributed by atoms with Gasteiger partial charge in [-0.1, -0.05) is 23.7 Å². The molecule has 2 saturated heterocycles. The molecule has 1 aromatic carbocycles.